The van der Waals surface area contributed by atoms with Crippen LogP contribution in [0.1, 0.15) is 53.0 Å². The molecule has 3 rings (SSSR count). The molecule has 0 bridgehead atoms. The average molecular weight is 259 g/mol. The zero-order valence-corrected chi connectivity index (χ0v) is 12.4. The topological polar surface area (TPSA) is 21.3 Å². The second kappa shape index (κ2) is 5.16. The van der Waals surface area contributed by atoms with E-state index < -0.39 is 0 Å². The van der Waals surface area contributed by atoms with E-state index in [0.717, 1.165) is 13.1 Å². The Labute approximate surface area is 116 Å². The van der Waals surface area contributed by atoms with E-state index in [-0.39, 0.29) is 0 Å². The quantitative estimate of drug-likeness (QED) is 0.880. The fourth-order valence-corrected chi connectivity index (χ4v) is 4.06. The minimum Gasteiger partial charge on any atom is -0.496 e. The molecule has 1 N–H and O–H groups in total. The summed E-state index contributed by atoms with van der Waals surface area (Å²) in [6.45, 7) is 6.83. The summed E-state index contributed by atoms with van der Waals surface area (Å²) in [4.78, 5) is 0. The largest absolute Gasteiger partial charge is 0.496 e. The van der Waals surface area contributed by atoms with Gasteiger partial charge in [-0.05, 0) is 74.8 Å². The molecule has 1 saturated heterocycles. The van der Waals surface area contributed by atoms with Gasteiger partial charge in [0.1, 0.15) is 5.75 Å². The number of hydrogen-bond acceptors (Lipinski definition) is 2. The van der Waals surface area contributed by atoms with Gasteiger partial charge in [0.25, 0.3) is 0 Å². The van der Waals surface area contributed by atoms with E-state index in [9.17, 15) is 0 Å². The maximum absolute atomic E-state index is 5.81. The van der Waals surface area contributed by atoms with Gasteiger partial charge in [0.15, 0.2) is 0 Å². The summed E-state index contributed by atoms with van der Waals surface area (Å²) in [5, 5.41) is 3.49. The molecule has 1 aliphatic heterocycles. The molecule has 1 aliphatic carbocycles. The van der Waals surface area contributed by atoms with Crippen LogP contribution in [0.15, 0.2) is 0 Å². The molecule has 1 fully saturated rings. The van der Waals surface area contributed by atoms with Gasteiger partial charge in [0.2, 0.25) is 0 Å². The molecule has 0 spiro atoms. The molecule has 0 aromatic heterocycles. The van der Waals surface area contributed by atoms with Crippen molar-refractivity contribution in [1.82, 2.24) is 5.32 Å². The van der Waals surface area contributed by atoms with E-state index in [1.54, 1.807) is 11.1 Å². The van der Waals surface area contributed by atoms with Crippen LogP contribution in [0.4, 0.5) is 0 Å². The lowest BCUT2D eigenvalue weighted by Gasteiger charge is -2.28. The summed E-state index contributed by atoms with van der Waals surface area (Å²) in [6.07, 6.45) is 6.43. The Morgan fingerprint density at radius 1 is 1.05 bits per heavy atom. The van der Waals surface area contributed by atoms with Gasteiger partial charge in [-0.15, -0.1) is 0 Å². The zero-order chi connectivity index (χ0) is 13.4. The van der Waals surface area contributed by atoms with Gasteiger partial charge in [0, 0.05) is 18.0 Å². The number of fused-ring (bicyclic) bond motifs is 1. The van der Waals surface area contributed by atoms with Crippen molar-refractivity contribution in [2.24, 2.45) is 0 Å². The van der Waals surface area contributed by atoms with Crippen LogP contribution in [-0.2, 0) is 12.8 Å². The molecule has 1 heterocycles. The number of ether oxygens (including phenoxy) is 1. The van der Waals surface area contributed by atoms with E-state index in [4.69, 9.17) is 4.74 Å². The smallest absolute Gasteiger partial charge is 0.125 e. The third-order valence-corrected chi connectivity index (χ3v) is 5.04. The van der Waals surface area contributed by atoms with Crippen molar-refractivity contribution >= 4 is 0 Å². The molecule has 2 heteroatoms. The molecule has 1 atom stereocenters. The van der Waals surface area contributed by atoms with Crippen molar-refractivity contribution in [1.29, 1.82) is 0 Å². The van der Waals surface area contributed by atoms with Gasteiger partial charge in [-0.25, -0.2) is 0 Å². The summed E-state index contributed by atoms with van der Waals surface area (Å²) in [5.74, 6) is 1.81. The fraction of sp³-hybridized carbons (Fsp3) is 0.647. The lowest BCUT2D eigenvalue weighted by atomic mass is 9.79. The Morgan fingerprint density at radius 2 is 1.74 bits per heavy atom. The highest BCUT2D eigenvalue weighted by Gasteiger charge is 2.28. The summed E-state index contributed by atoms with van der Waals surface area (Å²) in [5.41, 5.74) is 7.63. The molecule has 1 unspecified atom stereocenters. The van der Waals surface area contributed by atoms with Crippen LogP contribution in [-0.4, -0.2) is 20.2 Å². The average Bonchev–Trinajstić information content (AvgIpc) is 2.96. The lowest BCUT2D eigenvalue weighted by molar-refractivity contribution is 0.401. The van der Waals surface area contributed by atoms with E-state index in [1.807, 2.05) is 7.11 Å². The summed E-state index contributed by atoms with van der Waals surface area (Å²) >= 11 is 0. The number of hydrogen-bond donors (Lipinski definition) is 1. The molecule has 1 aromatic rings. The van der Waals surface area contributed by atoms with E-state index in [1.165, 1.54) is 54.5 Å². The SMILES string of the molecule is COc1c(C)c2c(c(C)c1C1CCNC1)CCCC2. The van der Waals surface area contributed by atoms with E-state index in [0.29, 0.717) is 5.92 Å². The molecular weight excluding hydrogens is 234 g/mol. The van der Waals surface area contributed by atoms with Gasteiger partial charge in [-0.3, -0.25) is 0 Å². The summed E-state index contributed by atoms with van der Waals surface area (Å²) in [7, 11) is 1.84. The maximum atomic E-state index is 5.81. The van der Waals surface area contributed by atoms with Gasteiger partial charge in [-0.2, -0.15) is 0 Å². The standard InChI is InChI=1S/C17H25NO/c1-11-14-6-4-5-7-15(14)12(2)17(19-3)16(11)13-8-9-18-10-13/h13,18H,4-10H2,1-3H3. The molecular formula is C17H25NO. The molecule has 0 radical (unpaired) electrons. The maximum Gasteiger partial charge on any atom is 0.125 e. The first kappa shape index (κ1) is 13.0. The van der Waals surface area contributed by atoms with Crippen LogP contribution in [0.3, 0.4) is 0 Å². The highest BCUT2D eigenvalue weighted by Crippen LogP contribution is 2.42. The zero-order valence-electron chi connectivity index (χ0n) is 12.4. The van der Waals surface area contributed by atoms with E-state index in [2.05, 4.69) is 19.2 Å². The van der Waals surface area contributed by atoms with Crippen LogP contribution in [0.25, 0.3) is 0 Å². The van der Waals surface area contributed by atoms with Crippen LogP contribution in [0.2, 0.25) is 0 Å². The molecule has 2 aliphatic rings. The second-order valence-electron chi connectivity index (χ2n) is 6.05. The molecule has 0 saturated carbocycles. The van der Waals surface area contributed by atoms with Crippen LogP contribution >= 0.6 is 0 Å². The number of methoxy groups -OCH3 is 1. The minimum absolute atomic E-state index is 0.640. The summed E-state index contributed by atoms with van der Waals surface area (Å²) < 4.78 is 5.81. The Balaban J connectivity index is 2.18. The summed E-state index contributed by atoms with van der Waals surface area (Å²) in [6, 6.07) is 0. The third-order valence-electron chi connectivity index (χ3n) is 5.04. The van der Waals surface area contributed by atoms with Gasteiger partial charge < -0.3 is 10.1 Å². The second-order valence-corrected chi connectivity index (χ2v) is 6.05. The predicted molar refractivity (Wildman–Crippen MR) is 79.3 cm³/mol. The van der Waals surface area contributed by atoms with Crippen molar-refractivity contribution in [3.05, 3.63) is 27.8 Å². The normalized spacial score (nSPS) is 22.4. The number of rotatable bonds is 2. The fourth-order valence-electron chi connectivity index (χ4n) is 4.06. The van der Waals surface area contributed by atoms with Crippen LogP contribution in [0.5, 0.6) is 5.75 Å². The minimum atomic E-state index is 0.640. The van der Waals surface area contributed by atoms with Gasteiger partial charge in [-0.1, -0.05) is 0 Å². The molecule has 19 heavy (non-hydrogen) atoms. The van der Waals surface area contributed by atoms with Crippen molar-refractivity contribution in [2.75, 3.05) is 20.2 Å². The Hall–Kier alpha value is -1.02. The first-order valence-electron chi connectivity index (χ1n) is 7.63. The number of nitrogens with one attached hydrogen (secondary N) is 1. The highest BCUT2D eigenvalue weighted by atomic mass is 16.5. The van der Waals surface area contributed by atoms with Crippen LogP contribution in [0, 0.1) is 13.8 Å². The molecule has 1 aromatic carbocycles. The third kappa shape index (κ3) is 2.06. The molecule has 104 valence electrons. The van der Waals surface area contributed by atoms with Crippen molar-refractivity contribution < 1.29 is 4.74 Å². The first-order valence-corrected chi connectivity index (χ1v) is 7.63. The van der Waals surface area contributed by atoms with Crippen molar-refractivity contribution in [2.45, 2.75) is 51.9 Å². The lowest BCUT2D eigenvalue weighted by Crippen LogP contribution is -2.15. The monoisotopic (exact) mass is 259 g/mol. The molecule has 0 amide bonds. The Kier molecular flexibility index (Phi) is 3.53. The molecule has 2 nitrogen and oxygen atoms in total. The highest BCUT2D eigenvalue weighted by molar-refractivity contribution is 5.57. The van der Waals surface area contributed by atoms with Crippen molar-refractivity contribution in [3.8, 4) is 5.75 Å². The predicted octanol–water partition coefficient (Wildman–Crippen LogP) is 3.27. The van der Waals surface area contributed by atoms with Crippen LogP contribution < -0.4 is 10.1 Å². The van der Waals surface area contributed by atoms with Gasteiger partial charge >= 0.3 is 0 Å². The first-order chi connectivity index (χ1) is 9.24. The van der Waals surface area contributed by atoms with E-state index >= 15 is 0 Å². The van der Waals surface area contributed by atoms with Gasteiger partial charge in [0.05, 0.1) is 7.11 Å². The Bertz CT molecular complexity index is 487. The number of benzene rings is 1. The van der Waals surface area contributed by atoms with Crippen molar-refractivity contribution in [3.63, 3.8) is 0 Å². The Morgan fingerprint density at radius 3 is 2.32 bits per heavy atom.